The van der Waals surface area contributed by atoms with Crippen molar-refractivity contribution < 1.29 is 62.5 Å². The van der Waals surface area contributed by atoms with Crippen molar-refractivity contribution in [3.8, 4) is 52.9 Å². The molecule has 28 nitrogen and oxygen atoms in total. The molecule has 10 aromatic rings. The fraction of sp³-hybridized carbons (Fsp3) is 0.467. The Morgan fingerprint density at radius 2 is 0.659 bits per heavy atom. The lowest BCUT2D eigenvalue weighted by Gasteiger charge is -2.41. The molecule has 6 saturated carbocycles. The number of thiazole rings is 5. The third kappa shape index (κ3) is 34.0. The Morgan fingerprint density at radius 3 is 0.913 bits per heavy atom. The van der Waals surface area contributed by atoms with Gasteiger partial charge in [0.2, 0.25) is 0 Å². The molecule has 5 aromatic carbocycles. The van der Waals surface area contributed by atoms with Crippen LogP contribution in [0.4, 0.5) is 4.79 Å². The summed E-state index contributed by atoms with van der Waals surface area (Å²) in [4.78, 5) is 144. The van der Waals surface area contributed by atoms with Crippen LogP contribution in [0.5, 0.6) is 0 Å². The van der Waals surface area contributed by atoms with Crippen molar-refractivity contribution in [2.75, 3.05) is 54.4 Å². The number of Topliss-reactive ketones (excluding diaryl/α,β-unsaturated/α-hetero) is 1. The number of ketones is 1. The normalized spacial score (nSPS) is 19.1. The number of alkyl carbamates (subject to hydrolysis) is 1. The van der Waals surface area contributed by atoms with E-state index in [2.05, 4.69) is 57.9 Å². The largest absolute Gasteiger partial charge is 0.477 e. The predicted octanol–water partition coefficient (Wildman–Crippen LogP) is 21.1. The SMILES string of the molecule is CC(C)(C)OC(=O)CCC1CC(=O)C1.CCC1CC(CCC(=O)OC(C)(C)C)C1.CN(C(=O)c1cnc(-c2ccccc2)s1)C1CC(CN)C1.CN(C(=O)c1cnc(-c2ccccc2)s1)C1CC(CNC(=O)OC(C)(C)C)C1.O=C(O)c1cnc(-c2ccccc2)s1.[C-]#[N+]NCC1CC(N(C)C(=O)c2cnc(-c3ccccc3)s2)C1.[C-]#[N+]NCC1CC(N(C)C(=O)c2cnc(-c3ccccc3)s2)C1. The van der Waals surface area contributed by atoms with Crippen LogP contribution in [-0.2, 0) is 28.6 Å². The first kappa shape index (κ1) is 108. The van der Waals surface area contributed by atoms with E-state index >= 15 is 0 Å². The van der Waals surface area contributed by atoms with Gasteiger partial charge in [0.25, 0.3) is 23.6 Å². The van der Waals surface area contributed by atoms with Crippen LogP contribution in [0.15, 0.2) is 183 Å². The van der Waals surface area contributed by atoms with Crippen molar-refractivity contribution in [1.82, 2.24) is 60.7 Å². The van der Waals surface area contributed by atoms with Gasteiger partial charge < -0.3 is 50.0 Å². The molecule has 5 aromatic heterocycles. The minimum absolute atomic E-state index is 0.00299. The summed E-state index contributed by atoms with van der Waals surface area (Å²) in [7, 11) is 7.43. The number of rotatable bonds is 28. The predicted molar refractivity (Wildman–Crippen MR) is 546 cm³/mol. The number of hydrogen-bond donors (Lipinski definition) is 5. The number of carbonyl (C=O) groups excluding carboxylic acids is 8. The number of ether oxygens (including phenoxy) is 3. The van der Waals surface area contributed by atoms with Crippen molar-refractivity contribution in [2.45, 2.75) is 219 Å². The van der Waals surface area contributed by atoms with E-state index in [1.165, 1.54) is 82.1 Å². The van der Waals surface area contributed by atoms with Gasteiger partial charge in [-0.3, -0.25) is 33.6 Å². The fourth-order valence-electron chi connectivity index (χ4n) is 16.1. The molecule has 33 heteroatoms. The van der Waals surface area contributed by atoms with Crippen molar-refractivity contribution in [3.63, 3.8) is 0 Å². The Hall–Kier alpha value is -12.0. The second-order valence-electron chi connectivity index (χ2n) is 38.7. The number of aromatic nitrogens is 5. The van der Waals surface area contributed by atoms with E-state index in [4.69, 9.17) is 38.2 Å². The molecule has 138 heavy (non-hydrogen) atoms. The highest BCUT2D eigenvalue weighted by molar-refractivity contribution is 7.18. The van der Waals surface area contributed by atoms with Gasteiger partial charge in [-0.2, -0.15) is 23.1 Å². The summed E-state index contributed by atoms with van der Waals surface area (Å²) in [6.45, 7) is 35.3. The van der Waals surface area contributed by atoms with Crippen LogP contribution < -0.4 is 21.9 Å². The maximum atomic E-state index is 12.8. The molecule has 16 rings (SSSR count). The van der Waals surface area contributed by atoms with E-state index in [0.29, 0.717) is 106 Å². The molecule has 0 radical (unpaired) electrons. The Morgan fingerprint density at radius 1 is 0.391 bits per heavy atom. The summed E-state index contributed by atoms with van der Waals surface area (Å²) < 4.78 is 15.7. The van der Waals surface area contributed by atoms with Crippen LogP contribution in [-0.4, -0.2) is 198 Å². The van der Waals surface area contributed by atoms with Gasteiger partial charge in [-0.25, -0.2) is 34.5 Å². The second-order valence-corrected chi connectivity index (χ2v) is 43.8. The van der Waals surface area contributed by atoms with Gasteiger partial charge in [0.1, 0.15) is 72.0 Å². The highest BCUT2D eigenvalue weighted by Gasteiger charge is 2.40. The maximum absolute atomic E-state index is 12.8. The average Bonchev–Trinajstić information content (AvgIpc) is 1.72. The zero-order valence-corrected chi connectivity index (χ0v) is 85.5. The molecule has 0 saturated heterocycles. The molecule has 5 heterocycles. The van der Waals surface area contributed by atoms with Crippen LogP contribution in [0.25, 0.3) is 62.8 Å². The first-order valence-corrected chi connectivity index (χ1v) is 51.1. The highest BCUT2D eigenvalue weighted by atomic mass is 32.1. The number of benzene rings is 5. The van der Waals surface area contributed by atoms with Gasteiger partial charge in [0.05, 0.1) is 44.1 Å². The molecule has 734 valence electrons. The molecule has 0 bridgehead atoms. The van der Waals surface area contributed by atoms with Crippen LogP contribution in [0, 0.1) is 54.6 Å². The molecule has 0 aliphatic heterocycles. The second kappa shape index (κ2) is 52.2. The van der Waals surface area contributed by atoms with Crippen molar-refractivity contribution in [3.05, 3.63) is 230 Å². The zero-order valence-electron chi connectivity index (χ0n) is 81.4. The number of aromatic carboxylic acids is 1. The Bertz CT molecular complexity index is 5520. The third-order valence-corrected chi connectivity index (χ3v) is 29.7. The van der Waals surface area contributed by atoms with Gasteiger partial charge in [0, 0.05) is 112 Å². The van der Waals surface area contributed by atoms with E-state index < -0.39 is 23.3 Å². The number of carbonyl (C=O) groups is 9. The van der Waals surface area contributed by atoms with Gasteiger partial charge in [0.15, 0.2) is 0 Å². The highest BCUT2D eigenvalue weighted by Crippen LogP contribution is 2.41. The van der Waals surface area contributed by atoms with E-state index in [-0.39, 0.29) is 64.2 Å². The lowest BCUT2D eigenvalue weighted by atomic mass is 9.72. The van der Waals surface area contributed by atoms with Crippen LogP contribution in [0.2, 0.25) is 0 Å². The fourth-order valence-corrected chi connectivity index (χ4v) is 20.5. The number of amides is 5. The maximum Gasteiger partial charge on any atom is 0.407 e. The van der Waals surface area contributed by atoms with Gasteiger partial charge in [-0.15, -0.1) is 67.5 Å². The monoisotopic (exact) mass is 1970 g/mol. The Balaban J connectivity index is 0.000000168. The zero-order chi connectivity index (χ0) is 99.8. The Kier molecular flexibility index (Phi) is 40.8. The average molecular weight is 1970 g/mol. The minimum atomic E-state index is -0.926. The Labute approximate surface area is 831 Å². The number of nitrogens with two attached hydrogens (primary N) is 1. The minimum Gasteiger partial charge on any atom is -0.477 e. The summed E-state index contributed by atoms with van der Waals surface area (Å²) in [6.07, 6.45) is 23.4. The van der Waals surface area contributed by atoms with Gasteiger partial charge >= 0.3 is 24.0 Å². The molecular weight excluding hydrogens is 1840 g/mol. The molecule has 5 amide bonds. The third-order valence-electron chi connectivity index (χ3n) is 24.5. The van der Waals surface area contributed by atoms with Crippen molar-refractivity contribution in [2.24, 2.45) is 47.2 Å². The van der Waals surface area contributed by atoms with E-state index in [0.717, 1.165) is 135 Å². The standard InChI is InChI=1S/C21H27N3O3S.2C17H18N4OS.C16H19N3OS.C13H24O2.C11H18O3.C10H7NO2S/c1-21(2,3)27-20(26)23-12-14-10-16(11-14)24(4)19(25)17-13-22-18(28-17)15-8-6-5-7-9-15;2*1-18-20-10-12-8-14(9-12)21(2)17(22)15-11-19-16(23-15)13-6-4-3-5-7-13;1-19(13-7-11(8-13)9-17)16(20)14-10-18-15(21-14)12-5-3-2-4-6-12;1-5-10-8-11(9-10)6-7-12(14)15-13(2,3)4;1-11(2,3)14-10(13)5-4-8-6-9(12)7-8;12-10(13)8-6-11-9(14-8)7-4-2-1-3-5-7/h5-9,13-14,16H,10-12H2,1-4H3,(H,23,26);2*3-7,11-12,14,20H,8-10H2,2H3;2-6,10-11,13H,7-9,17H2,1H3;10-11H,5-9H2,1-4H3;8H,4-7H2,1-3H3;1-6H,(H,12,13). The summed E-state index contributed by atoms with van der Waals surface area (Å²) in [5, 5.41) is 15.7. The van der Waals surface area contributed by atoms with Crippen LogP contribution >= 0.6 is 56.7 Å². The van der Waals surface area contributed by atoms with E-state index in [1.807, 2.05) is 257 Å². The van der Waals surface area contributed by atoms with Crippen molar-refractivity contribution >= 4 is 110 Å². The molecule has 6 aliphatic rings. The number of esters is 2. The quantitative estimate of drug-likeness (QED) is 0.0132. The molecule has 0 unspecified atom stereocenters. The topological polar surface area (TPSA) is 350 Å². The lowest BCUT2D eigenvalue weighted by Crippen LogP contribution is -2.48. The molecule has 6 fully saturated rings. The van der Waals surface area contributed by atoms with Gasteiger partial charge in [-0.1, -0.05) is 165 Å². The first-order chi connectivity index (χ1) is 65.8. The van der Waals surface area contributed by atoms with Crippen LogP contribution in [0.1, 0.15) is 227 Å². The number of carboxylic acid groups (broad SMARTS) is 1. The van der Waals surface area contributed by atoms with Crippen molar-refractivity contribution in [1.29, 1.82) is 0 Å². The summed E-state index contributed by atoms with van der Waals surface area (Å²) in [5.74, 6) is 3.39. The molecule has 6 aliphatic carbocycles. The lowest BCUT2D eigenvalue weighted by molar-refractivity contribution is -0.156. The summed E-state index contributed by atoms with van der Waals surface area (Å²) in [5.41, 5.74) is 14.9. The number of hydrogen-bond acceptors (Lipinski definition) is 25. The molecular formula is C105H131N15O13S5. The molecule has 0 spiro atoms. The van der Waals surface area contributed by atoms with Gasteiger partial charge in [-0.05, 0) is 187 Å². The number of nitrogens with zero attached hydrogens (tertiary/aromatic N) is 11. The number of carboxylic acids is 1. The number of nitrogens with one attached hydrogen (secondary N) is 3. The van der Waals surface area contributed by atoms with E-state index in [9.17, 15) is 43.2 Å². The van der Waals surface area contributed by atoms with Crippen LogP contribution in [0.3, 0.4) is 0 Å². The first-order valence-electron chi connectivity index (χ1n) is 47.0. The van der Waals surface area contributed by atoms with E-state index in [1.54, 1.807) is 29.7 Å². The smallest absolute Gasteiger partial charge is 0.407 e. The summed E-state index contributed by atoms with van der Waals surface area (Å²) in [6, 6.07) is 50.2. The molecule has 6 N–H and O–H groups in total. The summed E-state index contributed by atoms with van der Waals surface area (Å²) >= 11 is 6.93. The molecule has 0 atom stereocenters.